The lowest BCUT2D eigenvalue weighted by Crippen LogP contribution is -2.33. The first-order chi connectivity index (χ1) is 19.8. The van der Waals surface area contributed by atoms with Crippen molar-refractivity contribution in [2.24, 2.45) is 0 Å². The Hall–Kier alpha value is -0.730. The first-order valence-corrected chi connectivity index (χ1v) is 18.7. The van der Waals surface area contributed by atoms with Gasteiger partial charge in [0.2, 0.25) is 0 Å². The molecule has 40 heavy (non-hydrogen) atoms. The molecule has 0 saturated carbocycles. The number of hydrogen-bond donors (Lipinski definition) is 0. The van der Waals surface area contributed by atoms with E-state index in [1.54, 1.807) is 0 Å². The molecule has 0 rings (SSSR count). The second-order valence-electron chi connectivity index (χ2n) is 12.6. The van der Waals surface area contributed by atoms with Crippen molar-refractivity contribution >= 4 is 6.09 Å². The Morgan fingerprint density at radius 1 is 0.375 bits per heavy atom. The van der Waals surface area contributed by atoms with Crippen molar-refractivity contribution in [3.05, 3.63) is 0 Å². The molecular weight excluding hydrogens is 490 g/mol. The van der Waals surface area contributed by atoms with Gasteiger partial charge in [0.05, 0.1) is 6.61 Å². The number of rotatable bonds is 33. The molecule has 3 heteroatoms. The van der Waals surface area contributed by atoms with Crippen molar-refractivity contribution in [2.45, 2.75) is 213 Å². The Labute approximate surface area is 253 Å². The monoisotopic (exact) mass is 566 g/mol. The van der Waals surface area contributed by atoms with Crippen molar-refractivity contribution in [1.29, 1.82) is 0 Å². The summed E-state index contributed by atoms with van der Waals surface area (Å²) in [6.07, 6.45) is 39.8. The number of nitrogens with zero attached hydrogens (tertiary/aromatic N) is 1. The summed E-state index contributed by atoms with van der Waals surface area (Å²) in [5.74, 6) is 0. The van der Waals surface area contributed by atoms with Crippen LogP contribution in [0, 0.1) is 0 Å². The van der Waals surface area contributed by atoms with Crippen LogP contribution in [0.25, 0.3) is 0 Å². The van der Waals surface area contributed by atoms with E-state index in [1.807, 2.05) is 4.90 Å². The van der Waals surface area contributed by atoms with E-state index < -0.39 is 0 Å². The molecule has 0 N–H and O–H groups in total. The largest absolute Gasteiger partial charge is 0.449 e. The molecule has 240 valence electrons. The number of unbranched alkanes of at least 4 members (excludes halogenated alkanes) is 27. The van der Waals surface area contributed by atoms with Gasteiger partial charge < -0.3 is 9.64 Å². The van der Waals surface area contributed by atoms with Gasteiger partial charge in [-0.3, -0.25) is 0 Å². The number of hydrogen-bond acceptors (Lipinski definition) is 2. The summed E-state index contributed by atoms with van der Waals surface area (Å²) in [5.41, 5.74) is 0. The van der Waals surface area contributed by atoms with Crippen molar-refractivity contribution < 1.29 is 9.53 Å². The first-order valence-electron chi connectivity index (χ1n) is 18.7. The number of amides is 1. The Bertz CT molecular complexity index is 457. The van der Waals surface area contributed by atoms with E-state index in [1.165, 1.54) is 173 Å². The molecular formula is C37H75NO2. The predicted molar refractivity (Wildman–Crippen MR) is 178 cm³/mol. The van der Waals surface area contributed by atoms with Gasteiger partial charge in [0, 0.05) is 13.1 Å². The number of carbonyl (C=O) groups excluding carboxylic acids is 1. The molecule has 0 aromatic rings. The third-order valence-corrected chi connectivity index (χ3v) is 8.54. The second-order valence-corrected chi connectivity index (χ2v) is 12.6. The average Bonchev–Trinajstić information content (AvgIpc) is 2.96. The molecule has 3 nitrogen and oxygen atoms in total. The van der Waals surface area contributed by atoms with Gasteiger partial charge >= 0.3 is 6.09 Å². The van der Waals surface area contributed by atoms with Crippen LogP contribution in [0.3, 0.4) is 0 Å². The summed E-state index contributed by atoms with van der Waals surface area (Å²) in [5, 5.41) is 0. The fourth-order valence-electron chi connectivity index (χ4n) is 5.71. The molecule has 0 heterocycles. The average molecular weight is 566 g/mol. The summed E-state index contributed by atoms with van der Waals surface area (Å²) in [6, 6.07) is 0. The molecule has 1 amide bonds. The zero-order valence-electron chi connectivity index (χ0n) is 28.1. The van der Waals surface area contributed by atoms with E-state index in [0.29, 0.717) is 6.61 Å². The van der Waals surface area contributed by atoms with Gasteiger partial charge in [-0.25, -0.2) is 4.79 Å². The van der Waals surface area contributed by atoms with Crippen LogP contribution in [-0.2, 0) is 4.74 Å². The minimum atomic E-state index is -0.0530. The molecule has 0 atom stereocenters. The maximum atomic E-state index is 12.9. The third-order valence-electron chi connectivity index (χ3n) is 8.54. The number of carbonyl (C=O) groups is 1. The second kappa shape index (κ2) is 34.5. The molecule has 0 bridgehead atoms. The van der Waals surface area contributed by atoms with Crippen molar-refractivity contribution in [3.63, 3.8) is 0 Å². The lowest BCUT2D eigenvalue weighted by molar-refractivity contribution is 0.0989. The van der Waals surface area contributed by atoms with E-state index in [-0.39, 0.29) is 6.09 Å². The van der Waals surface area contributed by atoms with E-state index in [0.717, 1.165) is 32.4 Å². The van der Waals surface area contributed by atoms with Crippen LogP contribution in [0.1, 0.15) is 213 Å². The molecule has 0 fully saturated rings. The Morgan fingerprint density at radius 3 is 0.925 bits per heavy atom. The Balaban J connectivity index is 4.05. The normalized spacial score (nSPS) is 11.3. The van der Waals surface area contributed by atoms with Crippen LogP contribution < -0.4 is 0 Å². The SMILES string of the molecule is CCCCCCCCCCCCOC(=O)N(CCCCCCCCCCCC)CCCCCCCCCCCC. The van der Waals surface area contributed by atoms with Crippen molar-refractivity contribution in [2.75, 3.05) is 19.7 Å². The van der Waals surface area contributed by atoms with E-state index in [9.17, 15) is 4.79 Å². The first kappa shape index (κ1) is 39.3. The van der Waals surface area contributed by atoms with Crippen LogP contribution in [0.2, 0.25) is 0 Å². The van der Waals surface area contributed by atoms with Crippen molar-refractivity contribution in [1.82, 2.24) is 4.90 Å². The van der Waals surface area contributed by atoms with Crippen LogP contribution in [0.5, 0.6) is 0 Å². The zero-order chi connectivity index (χ0) is 29.2. The minimum absolute atomic E-state index is 0.0530. The summed E-state index contributed by atoms with van der Waals surface area (Å²) in [4.78, 5) is 14.9. The highest BCUT2D eigenvalue weighted by atomic mass is 16.6. The minimum Gasteiger partial charge on any atom is -0.449 e. The molecule has 0 aromatic carbocycles. The molecule has 0 unspecified atom stereocenters. The zero-order valence-corrected chi connectivity index (χ0v) is 28.1. The summed E-state index contributed by atoms with van der Waals surface area (Å²) in [6.45, 7) is 9.21. The number of ether oxygens (including phenoxy) is 1. The molecule has 0 aromatic heterocycles. The molecule has 0 radical (unpaired) electrons. The highest BCUT2D eigenvalue weighted by Crippen LogP contribution is 2.14. The topological polar surface area (TPSA) is 29.5 Å². The van der Waals surface area contributed by atoms with Crippen LogP contribution >= 0.6 is 0 Å². The maximum Gasteiger partial charge on any atom is 0.409 e. The summed E-state index contributed by atoms with van der Waals surface area (Å²) < 4.78 is 5.75. The Kier molecular flexibility index (Phi) is 33.8. The maximum absolute atomic E-state index is 12.9. The van der Waals surface area contributed by atoms with Gasteiger partial charge in [0.25, 0.3) is 0 Å². The fraction of sp³-hybridized carbons (Fsp3) is 0.973. The highest BCUT2D eigenvalue weighted by molar-refractivity contribution is 5.67. The molecule has 0 spiro atoms. The summed E-state index contributed by atoms with van der Waals surface area (Å²) in [7, 11) is 0. The lowest BCUT2D eigenvalue weighted by atomic mass is 10.1. The van der Waals surface area contributed by atoms with Gasteiger partial charge in [0.1, 0.15) is 0 Å². The smallest absolute Gasteiger partial charge is 0.409 e. The molecule has 0 aliphatic rings. The molecule has 0 saturated heterocycles. The predicted octanol–water partition coefficient (Wildman–Crippen LogP) is 13.2. The fourth-order valence-corrected chi connectivity index (χ4v) is 5.71. The third kappa shape index (κ3) is 30.2. The van der Waals surface area contributed by atoms with Crippen molar-refractivity contribution in [3.8, 4) is 0 Å². The molecule has 0 aliphatic heterocycles. The van der Waals surface area contributed by atoms with Gasteiger partial charge in [0.15, 0.2) is 0 Å². The molecule has 0 aliphatic carbocycles. The standard InChI is InChI=1S/C37H75NO2/c1-4-7-10-13-16-19-22-25-28-31-34-38(35-32-29-26-23-20-17-14-11-8-5-2)37(39)40-36-33-30-27-24-21-18-15-12-9-6-3/h4-36H2,1-3H3. The van der Waals surface area contributed by atoms with Gasteiger partial charge in [-0.15, -0.1) is 0 Å². The Morgan fingerprint density at radius 2 is 0.625 bits per heavy atom. The van der Waals surface area contributed by atoms with E-state index in [4.69, 9.17) is 4.74 Å². The van der Waals surface area contributed by atoms with Crippen LogP contribution in [0.15, 0.2) is 0 Å². The highest BCUT2D eigenvalue weighted by Gasteiger charge is 2.14. The van der Waals surface area contributed by atoms with Crippen LogP contribution in [-0.4, -0.2) is 30.7 Å². The van der Waals surface area contributed by atoms with Gasteiger partial charge in [-0.1, -0.05) is 194 Å². The van der Waals surface area contributed by atoms with E-state index in [2.05, 4.69) is 20.8 Å². The van der Waals surface area contributed by atoms with Gasteiger partial charge in [-0.2, -0.15) is 0 Å². The quantitative estimate of drug-likeness (QED) is 0.0740. The van der Waals surface area contributed by atoms with E-state index >= 15 is 0 Å². The lowest BCUT2D eigenvalue weighted by Gasteiger charge is -2.22. The van der Waals surface area contributed by atoms with Gasteiger partial charge in [-0.05, 0) is 19.3 Å². The summed E-state index contributed by atoms with van der Waals surface area (Å²) >= 11 is 0. The van der Waals surface area contributed by atoms with Crippen LogP contribution in [0.4, 0.5) is 4.79 Å².